The van der Waals surface area contributed by atoms with Crippen LogP contribution in [-0.2, 0) is 27.2 Å². The van der Waals surface area contributed by atoms with Crippen molar-refractivity contribution >= 4 is 50.5 Å². The minimum atomic E-state index is -0.606. The maximum atomic E-state index is 13.3. The third kappa shape index (κ3) is 5.86. The lowest BCUT2D eigenvalue weighted by atomic mass is 9.72. The van der Waals surface area contributed by atoms with Crippen LogP contribution < -0.4 is 5.32 Å². The summed E-state index contributed by atoms with van der Waals surface area (Å²) in [4.78, 5) is 43.2. The molecule has 174 valence electrons. The fraction of sp³-hybridized carbons (Fsp3) is 0.440. The van der Waals surface area contributed by atoms with Crippen LogP contribution in [0, 0.1) is 5.41 Å². The van der Waals surface area contributed by atoms with Gasteiger partial charge in [0.05, 0.1) is 25.5 Å². The number of ketones is 1. The third-order valence-corrected chi connectivity index (χ3v) is 8.31. The number of carbonyl (C=O) groups excluding carboxylic acids is 3. The van der Waals surface area contributed by atoms with Crippen molar-refractivity contribution in [2.24, 2.45) is 5.41 Å². The lowest BCUT2D eigenvalue weighted by Gasteiger charge is -2.34. The highest BCUT2D eigenvalue weighted by atomic mass is 32.1. The molecule has 1 aliphatic rings. The van der Waals surface area contributed by atoms with Gasteiger partial charge in [-0.1, -0.05) is 31.4 Å². The molecule has 2 aromatic heterocycles. The Morgan fingerprint density at radius 3 is 2.61 bits per heavy atom. The van der Waals surface area contributed by atoms with Crippen LogP contribution in [0.5, 0.6) is 0 Å². The number of aromatic nitrogens is 1. The predicted octanol–water partition coefficient (Wildman–Crippen LogP) is 4.96. The molecule has 6 nitrogen and oxygen atoms in total. The molecule has 1 aliphatic carbocycles. The number of hydrogen-bond acceptors (Lipinski definition) is 7. The number of hydrogen-bond donors (Lipinski definition) is 1. The average Bonchev–Trinajstić information content (AvgIpc) is 3.44. The van der Waals surface area contributed by atoms with Crippen molar-refractivity contribution in [3.05, 3.63) is 51.2 Å². The summed E-state index contributed by atoms with van der Waals surface area (Å²) >= 11 is 3.01. The first kappa shape index (κ1) is 23.6. The van der Waals surface area contributed by atoms with Crippen molar-refractivity contribution in [1.82, 2.24) is 10.3 Å². The Morgan fingerprint density at radius 1 is 1.06 bits per heavy atom. The van der Waals surface area contributed by atoms with Crippen molar-refractivity contribution in [2.45, 2.75) is 51.9 Å². The van der Waals surface area contributed by atoms with Crippen LogP contribution >= 0.6 is 22.7 Å². The molecule has 0 unspecified atom stereocenters. The largest absolute Gasteiger partial charge is 0.457 e. The Bertz CT molecular complexity index is 1110. The summed E-state index contributed by atoms with van der Waals surface area (Å²) in [5.41, 5.74) is 0.352. The van der Waals surface area contributed by atoms with Crippen molar-refractivity contribution in [1.29, 1.82) is 0 Å². The lowest BCUT2D eigenvalue weighted by molar-refractivity contribution is -0.157. The van der Waals surface area contributed by atoms with E-state index in [2.05, 4.69) is 5.32 Å². The standard InChI is InChI=1S/C25H28N2O4S2/c1-17(28)26-14-11-18-9-10-22(32-18)20(29)16-31-24(30)25(12-5-2-6-13-25)15-23-27-19-7-3-4-8-21(19)33-23/h3-4,7-10H,2,5-6,11-16H2,1H3,(H,26,28). The van der Waals surface area contributed by atoms with Gasteiger partial charge >= 0.3 is 5.97 Å². The molecule has 3 aromatic rings. The van der Waals surface area contributed by atoms with Gasteiger partial charge in [0.1, 0.15) is 0 Å². The fourth-order valence-corrected chi connectivity index (χ4v) is 6.39. The van der Waals surface area contributed by atoms with Crippen LogP contribution in [0.3, 0.4) is 0 Å². The number of ether oxygens (including phenoxy) is 1. The van der Waals surface area contributed by atoms with Gasteiger partial charge in [-0.3, -0.25) is 14.4 Å². The van der Waals surface area contributed by atoms with E-state index >= 15 is 0 Å². The van der Waals surface area contributed by atoms with Crippen molar-refractivity contribution in [2.75, 3.05) is 13.2 Å². The summed E-state index contributed by atoms with van der Waals surface area (Å²) in [6.45, 7) is 1.77. The first-order valence-corrected chi connectivity index (χ1v) is 13.0. The Morgan fingerprint density at radius 2 is 1.85 bits per heavy atom. The number of amides is 1. The highest BCUT2D eigenvalue weighted by Crippen LogP contribution is 2.41. The summed E-state index contributed by atoms with van der Waals surface area (Å²) in [6, 6.07) is 11.7. The molecular weight excluding hydrogens is 456 g/mol. The second-order valence-corrected chi connectivity index (χ2v) is 10.9. The van der Waals surface area contributed by atoms with E-state index < -0.39 is 5.41 Å². The number of benzene rings is 1. The van der Waals surface area contributed by atoms with Crippen LogP contribution in [0.25, 0.3) is 10.2 Å². The molecule has 2 heterocycles. The summed E-state index contributed by atoms with van der Waals surface area (Å²) < 4.78 is 6.73. The van der Waals surface area contributed by atoms with Gasteiger partial charge in [-0.05, 0) is 43.5 Å². The van der Waals surface area contributed by atoms with E-state index in [4.69, 9.17) is 9.72 Å². The molecule has 0 saturated heterocycles. The highest BCUT2D eigenvalue weighted by Gasteiger charge is 2.42. The number of nitrogens with one attached hydrogen (secondary N) is 1. The molecule has 4 rings (SSSR count). The number of para-hydroxylation sites is 1. The number of Topliss-reactive ketones (excluding diaryl/α,β-unsaturated/α-hetero) is 1. The lowest BCUT2D eigenvalue weighted by Crippen LogP contribution is -2.38. The normalized spacial score (nSPS) is 15.3. The molecule has 0 bridgehead atoms. The van der Waals surface area contributed by atoms with E-state index in [1.165, 1.54) is 18.3 Å². The first-order valence-electron chi connectivity index (χ1n) is 11.3. The van der Waals surface area contributed by atoms with Gasteiger partial charge in [0, 0.05) is 24.8 Å². The second-order valence-electron chi connectivity index (χ2n) is 8.59. The monoisotopic (exact) mass is 484 g/mol. The minimum absolute atomic E-state index is 0.0720. The SMILES string of the molecule is CC(=O)NCCc1ccc(C(=O)COC(=O)C2(Cc3nc4ccccc4s3)CCCCC2)s1. The zero-order valence-corrected chi connectivity index (χ0v) is 20.4. The smallest absolute Gasteiger partial charge is 0.312 e. The molecule has 0 aliphatic heterocycles. The van der Waals surface area contributed by atoms with Gasteiger partial charge in [-0.2, -0.15) is 0 Å². The van der Waals surface area contributed by atoms with Gasteiger partial charge in [-0.15, -0.1) is 22.7 Å². The van der Waals surface area contributed by atoms with E-state index in [1.54, 1.807) is 17.4 Å². The Labute approximate surface area is 201 Å². The van der Waals surface area contributed by atoms with Gasteiger partial charge in [0.2, 0.25) is 11.7 Å². The van der Waals surface area contributed by atoms with Gasteiger partial charge in [0.25, 0.3) is 0 Å². The van der Waals surface area contributed by atoms with E-state index in [0.717, 1.165) is 52.2 Å². The third-order valence-electron chi connectivity index (χ3n) is 6.09. The van der Waals surface area contributed by atoms with E-state index in [1.807, 2.05) is 30.3 Å². The topological polar surface area (TPSA) is 85.4 Å². The van der Waals surface area contributed by atoms with Crippen LogP contribution in [0.1, 0.15) is 58.6 Å². The Hall–Kier alpha value is -2.58. The zero-order valence-electron chi connectivity index (χ0n) is 18.7. The minimum Gasteiger partial charge on any atom is -0.457 e. The molecule has 1 aromatic carbocycles. The molecule has 1 saturated carbocycles. The number of carbonyl (C=O) groups is 3. The van der Waals surface area contributed by atoms with Crippen LogP contribution in [0.4, 0.5) is 0 Å². The van der Waals surface area contributed by atoms with E-state index in [-0.39, 0.29) is 24.3 Å². The summed E-state index contributed by atoms with van der Waals surface area (Å²) in [6.07, 6.45) is 5.84. The number of thiazole rings is 1. The Kier molecular flexibility index (Phi) is 7.55. The molecule has 0 radical (unpaired) electrons. The molecule has 8 heteroatoms. The van der Waals surface area contributed by atoms with Crippen LogP contribution in [-0.4, -0.2) is 35.8 Å². The van der Waals surface area contributed by atoms with Crippen molar-refractivity contribution < 1.29 is 19.1 Å². The first-order chi connectivity index (χ1) is 15.9. The number of thiophene rings is 1. The Balaban J connectivity index is 1.38. The van der Waals surface area contributed by atoms with Gasteiger partial charge < -0.3 is 10.1 Å². The molecule has 1 N–H and O–H groups in total. The molecule has 1 fully saturated rings. The number of fused-ring (bicyclic) bond motifs is 1. The zero-order chi connectivity index (χ0) is 23.3. The van der Waals surface area contributed by atoms with E-state index in [9.17, 15) is 14.4 Å². The molecule has 0 spiro atoms. The van der Waals surface area contributed by atoms with Crippen molar-refractivity contribution in [3.8, 4) is 0 Å². The summed E-state index contributed by atoms with van der Waals surface area (Å²) in [5, 5.41) is 3.70. The highest BCUT2D eigenvalue weighted by molar-refractivity contribution is 7.18. The maximum absolute atomic E-state index is 13.3. The molecular formula is C25H28N2O4S2. The van der Waals surface area contributed by atoms with Gasteiger partial charge in [-0.25, -0.2) is 4.98 Å². The van der Waals surface area contributed by atoms with Crippen LogP contribution in [0.2, 0.25) is 0 Å². The quantitative estimate of drug-likeness (QED) is 0.343. The summed E-state index contributed by atoms with van der Waals surface area (Å²) in [7, 11) is 0. The number of rotatable bonds is 9. The molecule has 33 heavy (non-hydrogen) atoms. The predicted molar refractivity (Wildman–Crippen MR) is 131 cm³/mol. The maximum Gasteiger partial charge on any atom is 0.312 e. The average molecular weight is 485 g/mol. The summed E-state index contributed by atoms with van der Waals surface area (Å²) in [5.74, 6) is -0.542. The molecule has 1 amide bonds. The van der Waals surface area contributed by atoms with Crippen molar-refractivity contribution in [3.63, 3.8) is 0 Å². The second kappa shape index (κ2) is 10.6. The fourth-order valence-electron chi connectivity index (χ4n) is 4.35. The number of esters is 1. The van der Waals surface area contributed by atoms with Crippen LogP contribution in [0.15, 0.2) is 36.4 Å². The van der Waals surface area contributed by atoms with Gasteiger partial charge in [0.15, 0.2) is 6.61 Å². The molecule has 0 atom stereocenters. The van der Waals surface area contributed by atoms with E-state index in [0.29, 0.717) is 24.3 Å². The number of nitrogens with zero attached hydrogens (tertiary/aromatic N) is 1.